The Balaban J connectivity index is 2.02. The van der Waals surface area contributed by atoms with E-state index in [1.165, 1.54) is 0 Å². The predicted molar refractivity (Wildman–Crippen MR) is 71.0 cm³/mol. The third-order valence-corrected chi connectivity index (χ3v) is 2.96. The number of aromatic nitrogens is 5. The van der Waals surface area contributed by atoms with Gasteiger partial charge in [0.25, 0.3) is 0 Å². The van der Waals surface area contributed by atoms with Crippen LogP contribution in [0.1, 0.15) is 11.5 Å². The van der Waals surface area contributed by atoms with Gasteiger partial charge in [-0.2, -0.15) is 5.10 Å². The quantitative estimate of drug-likeness (QED) is 0.741. The van der Waals surface area contributed by atoms with Gasteiger partial charge in [-0.15, -0.1) is 0 Å². The van der Waals surface area contributed by atoms with E-state index in [0.29, 0.717) is 17.1 Å². The van der Waals surface area contributed by atoms with Crippen LogP contribution in [-0.2, 0) is 6.54 Å². The van der Waals surface area contributed by atoms with Crippen molar-refractivity contribution >= 4 is 12.2 Å². The number of aromatic amines is 1. The fourth-order valence-electron chi connectivity index (χ4n) is 1.81. The Labute approximate surface area is 114 Å². The molecule has 3 aromatic heterocycles. The minimum absolute atomic E-state index is 0.499. The summed E-state index contributed by atoms with van der Waals surface area (Å²) in [6, 6.07) is 7.52. The average molecular weight is 273 g/mol. The van der Waals surface area contributed by atoms with Crippen LogP contribution in [0.15, 0.2) is 35.0 Å². The number of nitrogens with one attached hydrogen (secondary N) is 1. The zero-order valence-electron chi connectivity index (χ0n) is 10.2. The van der Waals surface area contributed by atoms with Crippen molar-refractivity contribution in [2.75, 3.05) is 0 Å². The normalized spacial score (nSPS) is 10.8. The van der Waals surface area contributed by atoms with Crippen LogP contribution in [-0.4, -0.2) is 24.9 Å². The fraction of sp³-hybridized carbons (Fsp3) is 0.167. The van der Waals surface area contributed by atoms with Gasteiger partial charge in [0.05, 0.1) is 6.54 Å². The molecule has 0 saturated heterocycles. The van der Waals surface area contributed by atoms with E-state index < -0.39 is 0 Å². The van der Waals surface area contributed by atoms with Crippen LogP contribution >= 0.6 is 12.2 Å². The molecule has 0 spiro atoms. The summed E-state index contributed by atoms with van der Waals surface area (Å²) in [6.45, 7) is 2.35. The van der Waals surface area contributed by atoms with E-state index in [1.54, 1.807) is 6.20 Å². The minimum Gasteiger partial charge on any atom is -0.361 e. The first-order valence-electron chi connectivity index (χ1n) is 5.73. The fourth-order valence-corrected chi connectivity index (χ4v) is 2.01. The molecule has 7 heteroatoms. The van der Waals surface area contributed by atoms with E-state index in [9.17, 15) is 0 Å². The van der Waals surface area contributed by atoms with Crippen molar-refractivity contribution < 1.29 is 4.52 Å². The summed E-state index contributed by atoms with van der Waals surface area (Å²) < 4.78 is 7.43. The van der Waals surface area contributed by atoms with Crippen LogP contribution in [0.4, 0.5) is 0 Å². The predicted octanol–water partition coefficient (Wildman–Crippen LogP) is 2.35. The molecule has 0 aliphatic carbocycles. The van der Waals surface area contributed by atoms with E-state index in [0.717, 1.165) is 17.1 Å². The summed E-state index contributed by atoms with van der Waals surface area (Å²) in [7, 11) is 0. The SMILES string of the molecule is Cc1cc(Cn2c(-c3ccccn3)n[nH]c2=S)no1. The van der Waals surface area contributed by atoms with Crippen LogP contribution in [0.2, 0.25) is 0 Å². The van der Waals surface area contributed by atoms with E-state index in [4.69, 9.17) is 16.7 Å². The van der Waals surface area contributed by atoms with E-state index in [1.807, 2.05) is 35.8 Å². The van der Waals surface area contributed by atoms with E-state index in [-0.39, 0.29) is 0 Å². The number of rotatable bonds is 3. The molecule has 0 unspecified atom stereocenters. The van der Waals surface area contributed by atoms with Gasteiger partial charge in [0.15, 0.2) is 10.6 Å². The molecule has 0 saturated carbocycles. The van der Waals surface area contributed by atoms with Crippen LogP contribution in [0.25, 0.3) is 11.5 Å². The first kappa shape index (κ1) is 11.8. The largest absolute Gasteiger partial charge is 0.361 e. The van der Waals surface area contributed by atoms with Crippen LogP contribution < -0.4 is 0 Å². The molecular formula is C12H11N5OS. The molecule has 1 N–H and O–H groups in total. The van der Waals surface area contributed by atoms with Gasteiger partial charge in [0.1, 0.15) is 17.1 Å². The molecule has 19 heavy (non-hydrogen) atoms. The number of pyridine rings is 1. The smallest absolute Gasteiger partial charge is 0.195 e. The van der Waals surface area contributed by atoms with Crippen molar-refractivity contribution in [1.29, 1.82) is 0 Å². The second-order valence-electron chi connectivity index (χ2n) is 4.08. The van der Waals surface area contributed by atoms with Crippen LogP contribution in [0.5, 0.6) is 0 Å². The van der Waals surface area contributed by atoms with E-state index >= 15 is 0 Å². The molecule has 0 bridgehead atoms. The molecule has 96 valence electrons. The number of aryl methyl sites for hydroxylation is 1. The minimum atomic E-state index is 0.499. The standard InChI is InChI=1S/C12H11N5OS/c1-8-6-9(16-18-8)7-17-11(14-15-12(17)19)10-4-2-3-5-13-10/h2-6H,7H2,1H3,(H,15,19). The van der Waals surface area contributed by atoms with Crippen LogP contribution in [0, 0.1) is 11.7 Å². The Hall–Kier alpha value is -2.28. The Kier molecular flexibility index (Phi) is 2.96. The highest BCUT2D eigenvalue weighted by Crippen LogP contribution is 2.15. The Morgan fingerprint density at radius 1 is 1.42 bits per heavy atom. The molecule has 0 radical (unpaired) electrons. The number of hydrogen-bond acceptors (Lipinski definition) is 5. The zero-order chi connectivity index (χ0) is 13.2. The highest BCUT2D eigenvalue weighted by atomic mass is 32.1. The topological polar surface area (TPSA) is 72.5 Å². The van der Waals surface area contributed by atoms with Crippen molar-refractivity contribution in [3.63, 3.8) is 0 Å². The average Bonchev–Trinajstić information content (AvgIpc) is 2.99. The first-order valence-corrected chi connectivity index (χ1v) is 6.13. The van der Waals surface area contributed by atoms with Crippen molar-refractivity contribution in [1.82, 2.24) is 24.9 Å². The maximum absolute atomic E-state index is 5.24. The van der Waals surface area contributed by atoms with Gasteiger partial charge in [-0.3, -0.25) is 14.6 Å². The Morgan fingerprint density at radius 2 is 2.32 bits per heavy atom. The van der Waals surface area contributed by atoms with E-state index in [2.05, 4.69) is 20.3 Å². The summed E-state index contributed by atoms with van der Waals surface area (Å²) in [5.74, 6) is 1.45. The van der Waals surface area contributed by atoms with Gasteiger partial charge in [0, 0.05) is 12.3 Å². The molecule has 3 rings (SSSR count). The van der Waals surface area contributed by atoms with Gasteiger partial charge in [-0.1, -0.05) is 11.2 Å². The van der Waals surface area contributed by atoms with Gasteiger partial charge < -0.3 is 4.52 Å². The maximum atomic E-state index is 5.24. The van der Waals surface area contributed by atoms with Gasteiger partial charge in [-0.05, 0) is 31.3 Å². The maximum Gasteiger partial charge on any atom is 0.195 e. The van der Waals surface area contributed by atoms with Crippen molar-refractivity contribution in [3.8, 4) is 11.5 Å². The molecule has 0 aromatic carbocycles. The first-order chi connectivity index (χ1) is 9.24. The number of nitrogens with zero attached hydrogens (tertiary/aromatic N) is 4. The van der Waals surface area contributed by atoms with Crippen molar-refractivity contribution in [3.05, 3.63) is 46.7 Å². The molecule has 6 nitrogen and oxygen atoms in total. The summed E-state index contributed by atoms with van der Waals surface area (Å²) in [5.41, 5.74) is 1.56. The Morgan fingerprint density at radius 3 is 3.00 bits per heavy atom. The number of H-pyrrole nitrogens is 1. The molecule has 0 aliphatic heterocycles. The summed E-state index contributed by atoms with van der Waals surface area (Å²) in [5, 5.41) is 11.0. The van der Waals surface area contributed by atoms with Crippen molar-refractivity contribution in [2.24, 2.45) is 0 Å². The summed E-state index contributed by atoms with van der Waals surface area (Å²) in [6.07, 6.45) is 1.72. The molecule has 0 aliphatic rings. The highest BCUT2D eigenvalue weighted by molar-refractivity contribution is 7.71. The summed E-state index contributed by atoms with van der Waals surface area (Å²) >= 11 is 5.24. The molecule has 0 atom stereocenters. The van der Waals surface area contributed by atoms with Gasteiger partial charge in [-0.25, -0.2) is 0 Å². The van der Waals surface area contributed by atoms with Crippen molar-refractivity contribution in [2.45, 2.75) is 13.5 Å². The third kappa shape index (κ3) is 2.32. The monoisotopic (exact) mass is 273 g/mol. The molecule has 0 fully saturated rings. The zero-order valence-corrected chi connectivity index (χ0v) is 11.0. The molecule has 3 aromatic rings. The lowest BCUT2D eigenvalue weighted by Crippen LogP contribution is -2.03. The Bertz CT molecular complexity index is 743. The van der Waals surface area contributed by atoms with Crippen LogP contribution in [0.3, 0.4) is 0 Å². The second-order valence-corrected chi connectivity index (χ2v) is 4.47. The lowest BCUT2D eigenvalue weighted by Gasteiger charge is -2.03. The van der Waals surface area contributed by atoms with Gasteiger partial charge in [0.2, 0.25) is 0 Å². The molecular weight excluding hydrogens is 262 g/mol. The summed E-state index contributed by atoms with van der Waals surface area (Å²) in [4.78, 5) is 4.28. The number of hydrogen-bond donors (Lipinski definition) is 1. The lowest BCUT2D eigenvalue weighted by atomic mass is 10.3. The highest BCUT2D eigenvalue weighted by Gasteiger charge is 2.11. The second kappa shape index (κ2) is 4.77. The third-order valence-electron chi connectivity index (χ3n) is 2.65. The lowest BCUT2D eigenvalue weighted by molar-refractivity contribution is 0.389. The molecule has 0 amide bonds. The molecule has 3 heterocycles. The van der Waals surface area contributed by atoms with Gasteiger partial charge >= 0.3 is 0 Å².